The van der Waals surface area contributed by atoms with Crippen molar-refractivity contribution in [2.45, 2.75) is 114 Å². The second-order valence-corrected chi connectivity index (χ2v) is 13.8. The van der Waals surface area contributed by atoms with Crippen molar-refractivity contribution >= 4 is 8.56 Å². The summed E-state index contributed by atoms with van der Waals surface area (Å²) in [5.41, 5.74) is 0. The average molecular weight is 365 g/mol. The molecule has 0 unspecified atom stereocenters. The Hall–Kier alpha value is 0.137. The minimum Gasteiger partial charge on any atom is -0.394 e. The van der Waals surface area contributed by atoms with E-state index in [0.29, 0.717) is 10.1 Å². The minimum atomic E-state index is -2.22. The van der Waals surface area contributed by atoms with Crippen molar-refractivity contribution in [2.75, 3.05) is 13.2 Å². The lowest BCUT2D eigenvalue weighted by Crippen LogP contribution is -2.60. The van der Waals surface area contributed by atoms with Crippen molar-refractivity contribution in [3.05, 3.63) is 0 Å². The van der Waals surface area contributed by atoms with Gasteiger partial charge in [-0.05, 0) is 63.2 Å². The van der Waals surface area contributed by atoms with Gasteiger partial charge in [-0.15, -0.1) is 0 Å². The van der Waals surface area contributed by atoms with E-state index in [1.165, 1.54) is 89.9 Å². The van der Waals surface area contributed by atoms with E-state index in [9.17, 15) is 0 Å². The topological polar surface area (TPSA) is 18.5 Å². The average Bonchev–Trinajstić information content (AvgIpc) is 3.41. The van der Waals surface area contributed by atoms with E-state index in [1.807, 2.05) is 0 Å². The molecule has 0 aromatic heterocycles. The molecule has 0 aromatic rings. The Morgan fingerprint density at radius 2 is 1.12 bits per heavy atom. The van der Waals surface area contributed by atoms with Gasteiger partial charge in [-0.25, -0.2) is 0 Å². The van der Waals surface area contributed by atoms with Gasteiger partial charge in [0.2, 0.25) is 0 Å². The summed E-state index contributed by atoms with van der Waals surface area (Å²) < 4.78 is 14.3. The third-order valence-electron chi connectivity index (χ3n) is 8.49. The molecule has 0 heterocycles. The van der Waals surface area contributed by atoms with Crippen LogP contribution in [-0.4, -0.2) is 21.8 Å². The van der Waals surface area contributed by atoms with Crippen molar-refractivity contribution in [2.24, 2.45) is 11.8 Å². The molecular weight excluding hydrogens is 324 g/mol. The van der Waals surface area contributed by atoms with E-state index in [4.69, 9.17) is 8.85 Å². The van der Waals surface area contributed by atoms with Crippen LogP contribution < -0.4 is 0 Å². The van der Waals surface area contributed by atoms with E-state index >= 15 is 0 Å². The maximum atomic E-state index is 7.14. The largest absolute Gasteiger partial charge is 0.394 e. The summed E-state index contributed by atoms with van der Waals surface area (Å²) >= 11 is 0. The minimum absolute atomic E-state index is 0.471. The van der Waals surface area contributed by atoms with E-state index in [0.717, 1.165) is 25.0 Å². The van der Waals surface area contributed by atoms with E-state index < -0.39 is 8.56 Å². The summed E-state index contributed by atoms with van der Waals surface area (Å²) in [6.07, 6.45) is 19.3. The van der Waals surface area contributed by atoms with Gasteiger partial charge in [0.25, 0.3) is 0 Å². The smallest absolute Gasteiger partial charge is 0.351 e. The van der Waals surface area contributed by atoms with Gasteiger partial charge in [-0.1, -0.05) is 52.4 Å². The molecule has 4 fully saturated rings. The molecule has 0 radical (unpaired) electrons. The highest BCUT2D eigenvalue weighted by molar-refractivity contribution is 6.74. The first-order valence-corrected chi connectivity index (χ1v) is 13.3. The number of unbranched alkanes of at least 4 members (excludes halogenated alkanes) is 2. The normalized spacial score (nSPS) is 39.6. The Labute approximate surface area is 156 Å². The molecular formula is C22H40O2Si. The molecule has 0 N–H and O–H groups in total. The zero-order chi connectivity index (χ0) is 17.4. The van der Waals surface area contributed by atoms with Crippen molar-refractivity contribution in [3.8, 4) is 0 Å². The van der Waals surface area contributed by atoms with Crippen molar-refractivity contribution in [3.63, 3.8) is 0 Å². The van der Waals surface area contributed by atoms with Crippen LogP contribution in [0.3, 0.4) is 0 Å². The molecule has 4 aliphatic carbocycles. The van der Waals surface area contributed by atoms with Crippen LogP contribution in [0.2, 0.25) is 10.1 Å². The number of hydrogen-bond donors (Lipinski definition) is 0. The number of hydrogen-bond acceptors (Lipinski definition) is 2. The summed E-state index contributed by atoms with van der Waals surface area (Å²) in [4.78, 5) is 0. The van der Waals surface area contributed by atoms with Crippen LogP contribution in [0.15, 0.2) is 0 Å². The predicted molar refractivity (Wildman–Crippen MR) is 106 cm³/mol. The fourth-order valence-corrected chi connectivity index (χ4v) is 13.6. The molecule has 3 heteroatoms. The zero-order valence-electron chi connectivity index (χ0n) is 16.8. The fraction of sp³-hybridized carbons (Fsp3) is 1.00. The number of fused-ring (bicyclic) bond motifs is 4. The molecule has 144 valence electrons. The second-order valence-electron chi connectivity index (χ2n) is 9.88. The van der Waals surface area contributed by atoms with Crippen LogP contribution in [0.1, 0.15) is 104 Å². The van der Waals surface area contributed by atoms with Gasteiger partial charge in [0, 0.05) is 23.3 Å². The Morgan fingerprint density at radius 3 is 1.40 bits per heavy atom. The summed E-state index contributed by atoms with van der Waals surface area (Å²) in [6.45, 7) is 6.52. The lowest BCUT2D eigenvalue weighted by atomic mass is 9.99. The predicted octanol–water partition coefficient (Wildman–Crippen LogP) is 6.73. The molecule has 25 heavy (non-hydrogen) atoms. The first-order valence-electron chi connectivity index (χ1n) is 11.5. The van der Waals surface area contributed by atoms with Crippen molar-refractivity contribution < 1.29 is 8.85 Å². The van der Waals surface area contributed by atoms with Crippen LogP contribution in [-0.2, 0) is 8.85 Å². The molecule has 4 aliphatic rings. The van der Waals surface area contributed by atoms with Crippen LogP contribution in [0, 0.1) is 11.8 Å². The van der Waals surface area contributed by atoms with Crippen LogP contribution in [0.4, 0.5) is 0 Å². The molecule has 4 saturated carbocycles. The zero-order valence-corrected chi connectivity index (χ0v) is 17.8. The Bertz CT molecular complexity index is 405. The summed E-state index contributed by atoms with van der Waals surface area (Å²) in [5.74, 6) is 1.98. The van der Waals surface area contributed by atoms with Crippen molar-refractivity contribution in [1.82, 2.24) is 0 Å². The highest BCUT2D eigenvalue weighted by Gasteiger charge is 2.73. The standard InChI is InChI=1S/C22H40O2Si/c1-3-5-15-23-25(24-16-6-4-2,21-11-7-19(17-21)8-12-21)22-13-9-20(18-22)10-14-22/h19-20H,3-18H2,1-2H3. The van der Waals surface area contributed by atoms with Crippen LogP contribution >= 0.6 is 0 Å². The van der Waals surface area contributed by atoms with Gasteiger partial charge in [-0.2, -0.15) is 0 Å². The van der Waals surface area contributed by atoms with Crippen LogP contribution in [0.5, 0.6) is 0 Å². The third kappa shape index (κ3) is 2.88. The molecule has 0 amide bonds. The van der Waals surface area contributed by atoms with Crippen molar-refractivity contribution in [1.29, 1.82) is 0 Å². The van der Waals surface area contributed by atoms with E-state index in [-0.39, 0.29) is 0 Å². The Kier molecular flexibility index (Phi) is 5.38. The molecule has 0 aromatic carbocycles. The molecule has 4 bridgehead atoms. The second kappa shape index (κ2) is 7.28. The lowest BCUT2D eigenvalue weighted by Gasteiger charge is -2.53. The lowest BCUT2D eigenvalue weighted by molar-refractivity contribution is 0.106. The van der Waals surface area contributed by atoms with Gasteiger partial charge in [0.15, 0.2) is 0 Å². The maximum Gasteiger partial charge on any atom is 0.351 e. The Morgan fingerprint density at radius 1 is 0.720 bits per heavy atom. The SMILES string of the molecule is CCCCO[Si](OCCCC)(C12CCC(CC1)C2)C12CCC(CC1)C2. The number of rotatable bonds is 10. The Balaban J connectivity index is 1.68. The highest BCUT2D eigenvalue weighted by Crippen LogP contribution is 2.76. The molecule has 0 spiro atoms. The van der Waals surface area contributed by atoms with Gasteiger partial charge in [0.1, 0.15) is 0 Å². The van der Waals surface area contributed by atoms with E-state index in [2.05, 4.69) is 13.8 Å². The summed E-state index contributed by atoms with van der Waals surface area (Å²) in [5, 5.41) is 0.941. The van der Waals surface area contributed by atoms with Gasteiger partial charge in [0.05, 0.1) is 0 Å². The fourth-order valence-electron chi connectivity index (χ4n) is 7.25. The van der Waals surface area contributed by atoms with Gasteiger partial charge >= 0.3 is 8.56 Å². The quantitative estimate of drug-likeness (QED) is 0.316. The highest BCUT2D eigenvalue weighted by atomic mass is 28.4. The molecule has 0 atom stereocenters. The summed E-state index contributed by atoms with van der Waals surface area (Å²) in [7, 11) is -2.22. The third-order valence-corrected chi connectivity index (χ3v) is 13.9. The van der Waals surface area contributed by atoms with Crippen LogP contribution in [0.25, 0.3) is 0 Å². The summed E-state index contributed by atoms with van der Waals surface area (Å²) in [6, 6.07) is 0. The maximum absolute atomic E-state index is 7.14. The molecule has 0 saturated heterocycles. The molecule has 4 rings (SSSR count). The molecule has 0 aliphatic heterocycles. The van der Waals surface area contributed by atoms with E-state index in [1.54, 1.807) is 0 Å². The van der Waals surface area contributed by atoms with Gasteiger partial charge in [-0.3, -0.25) is 0 Å². The van der Waals surface area contributed by atoms with Gasteiger partial charge < -0.3 is 8.85 Å². The monoisotopic (exact) mass is 364 g/mol. The molecule has 2 nitrogen and oxygen atoms in total. The first-order chi connectivity index (χ1) is 12.2. The first kappa shape index (κ1) is 18.5.